The van der Waals surface area contributed by atoms with Crippen LogP contribution in [-0.4, -0.2) is 26.2 Å². The second kappa shape index (κ2) is 8.57. The average Bonchev–Trinajstić information content (AvgIpc) is 2.51. The predicted molar refractivity (Wildman–Crippen MR) is 85.5 cm³/mol. The van der Waals surface area contributed by atoms with Crippen LogP contribution < -0.4 is 0 Å². The molecular formula is C18H26O4. The smallest absolute Gasteiger partial charge is 0.311 e. The van der Waals surface area contributed by atoms with Crippen LogP contribution >= 0.6 is 0 Å². The molecule has 0 heterocycles. The third-order valence-corrected chi connectivity index (χ3v) is 3.73. The fourth-order valence-corrected chi connectivity index (χ4v) is 2.38. The molecule has 1 aromatic rings. The number of rotatable bonds is 8. The van der Waals surface area contributed by atoms with Crippen molar-refractivity contribution in [1.82, 2.24) is 0 Å². The van der Waals surface area contributed by atoms with E-state index in [1.54, 1.807) is 0 Å². The molecule has 0 unspecified atom stereocenters. The number of aryl methyl sites for hydroxylation is 1. The average molecular weight is 306 g/mol. The van der Waals surface area contributed by atoms with E-state index in [-0.39, 0.29) is 11.9 Å². The zero-order valence-corrected chi connectivity index (χ0v) is 14.0. The number of benzene rings is 1. The van der Waals surface area contributed by atoms with Crippen LogP contribution in [0.4, 0.5) is 0 Å². The third kappa shape index (κ3) is 5.88. The second-order valence-corrected chi connectivity index (χ2v) is 6.15. The lowest BCUT2D eigenvalue weighted by molar-refractivity contribution is -0.150. The first-order chi connectivity index (χ1) is 10.4. The molecule has 0 radical (unpaired) electrons. The fraction of sp³-hybridized carbons (Fsp3) is 0.556. The highest BCUT2D eigenvalue weighted by molar-refractivity contribution is 5.76. The van der Waals surface area contributed by atoms with Gasteiger partial charge in [0.15, 0.2) is 0 Å². The Bertz CT molecular complexity index is 488. The van der Waals surface area contributed by atoms with E-state index in [2.05, 4.69) is 29.0 Å². The second-order valence-electron chi connectivity index (χ2n) is 6.15. The molecule has 22 heavy (non-hydrogen) atoms. The lowest BCUT2D eigenvalue weighted by Crippen LogP contribution is -2.27. The molecular weight excluding hydrogens is 280 g/mol. The van der Waals surface area contributed by atoms with E-state index in [0.29, 0.717) is 12.8 Å². The van der Waals surface area contributed by atoms with Gasteiger partial charge in [-0.2, -0.15) is 0 Å². The van der Waals surface area contributed by atoms with Gasteiger partial charge >= 0.3 is 11.9 Å². The fourth-order valence-electron chi connectivity index (χ4n) is 2.38. The summed E-state index contributed by atoms with van der Waals surface area (Å²) in [6.07, 6.45) is 3.87. The standard InChI is InChI=1S/C18H26O4/c1-18(2,17(20)22-4)13-15-11-9-14(10-12-15)7-5-6-8-16(19)21-3/h9-12H,5-8,13H2,1-4H3. The van der Waals surface area contributed by atoms with E-state index in [1.807, 2.05) is 13.8 Å². The van der Waals surface area contributed by atoms with Gasteiger partial charge in [0.05, 0.1) is 19.6 Å². The summed E-state index contributed by atoms with van der Waals surface area (Å²) in [6.45, 7) is 3.78. The molecule has 0 aliphatic heterocycles. The summed E-state index contributed by atoms with van der Waals surface area (Å²) in [4.78, 5) is 22.7. The molecule has 4 heteroatoms. The maximum atomic E-state index is 11.7. The molecule has 0 saturated carbocycles. The van der Waals surface area contributed by atoms with Gasteiger partial charge in [-0.25, -0.2) is 0 Å². The van der Waals surface area contributed by atoms with Crippen molar-refractivity contribution in [2.75, 3.05) is 14.2 Å². The van der Waals surface area contributed by atoms with Gasteiger partial charge in [0, 0.05) is 6.42 Å². The molecule has 0 aliphatic carbocycles. The Labute approximate surface area is 132 Å². The van der Waals surface area contributed by atoms with Gasteiger partial charge in [0.25, 0.3) is 0 Å². The van der Waals surface area contributed by atoms with Crippen molar-refractivity contribution in [3.05, 3.63) is 35.4 Å². The lowest BCUT2D eigenvalue weighted by atomic mass is 9.85. The predicted octanol–water partition coefficient (Wildman–Crippen LogP) is 3.31. The molecule has 0 atom stereocenters. The summed E-state index contributed by atoms with van der Waals surface area (Å²) in [5.74, 6) is -0.347. The van der Waals surface area contributed by atoms with Crippen LogP contribution in [0.15, 0.2) is 24.3 Å². The SMILES string of the molecule is COC(=O)CCCCc1ccc(CC(C)(C)C(=O)OC)cc1. The van der Waals surface area contributed by atoms with Crippen LogP contribution in [0.3, 0.4) is 0 Å². The molecule has 0 aromatic heterocycles. The van der Waals surface area contributed by atoms with Gasteiger partial charge in [-0.1, -0.05) is 24.3 Å². The number of hydrogen-bond acceptors (Lipinski definition) is 4. The third-order valence-electron chi connectivity index (χ3n) is 3.73. The Morgan fingerprint density at radius 2 is 1.55 bits per heavy atom. The number of hydrogen-bond donors (Lipinski definition) is 0. The first-order valence-electron chi connectivity index (χ1n) is 7.62. The lowest BCUT2D eigenvalue weighted by Gasteiger charge is -2.21. The van der Waals surface area contributed by atoms with E-state index in [9.17, 15) is 9.59 Å². The molecule has 4 nitrogen and oxygen atoms in total. The van der Waals surface area contributed by atoms with Crippen LogP contribution in [0.25, 0.3) is 0 Å². The summed E-state index contributed by atoms with van der Waals surface area (Å²) >= 11 is 0. The van der Waals surface area contributed by atoms with Crippen molar-refractivity contribution in [3.63, 3.8) is 0 Å². The van der Waals surface area contributed by atoms with Crippen molar-refractivity contribution in [2.45, 2.75) is 46.0 Å². The number of methoxy groups -OCH3 is 2. The Hall–Kier alpha value is -1.84. The molecule has 0 N–H and O–H groups in total. The molecule has 0 fully saturated rings. The van der Waals surface area contributed by atoms with Gasteiger partial charge in [-0.15, -0.1) is 0 Å². The summed E-state index contributed by atoms with van der Waals surface area (Å²) in [5, 5.41) is 0. The molecule has 0 amide bonds. The number of ether oxygens (including phenoxy) is 2. The van der Waals surface area contributed by atoms with Gasteiger partial charge in [-0.05, 0) is 50.7 Å². The molecule has 1 aromatic carbocycles. The van der Waals surface area contributed by atoms with Crippen molar-refractivity contribution < 1.29 is 19.1 Å². The van der Waals surface area contributed by atoms with Crippen molar-refractivity contribution >= 4 is 11.9 Å². The first kappa shape index (κ1) is 18.2. The Kier molecular flexibility index (Phi) is 7.09. The van der Waals surface area contributed by atoms with E-state index >= 15 is 0 Å². The normalized spacial score (nSPS) is 11.1. The molecule has 0 aliphatic rings. The van der Waals surface area contributed by atoms with Crippen LogP contribution in [0.1, 0.15) is 44.2 Å². The topological polar surface area (TPSA) is 52.6 Å². The first-order valence-corrected chi connectivity index (χ1v) is 7.62. The van der Waals surface area contributed by atoms with Crippen molar-refractivity contribution in [3.8, 4) is 0 Å². The van der Waals surface area contributed by atoms with E-state index in [1.165, 1.54) is 19.8 Å². The molecule has 0 bridgehead atoms. The van der Waals surface area contributed by atoms with E-state index < -0.39 is 5.41 Å². The quantitative estimate of drug-likeness (QED) is 0.546. The largest absolute Gasteiger partial charge is 0.469 e. The summed E-state index contributed by atoms with van der Waals surface area (Å²) in [6, 6.07) is 8.28. The van der Waals surface area contributed by atoms with Crippen LogP contribution in [0.5, 0.6) is 0 Å². The van der Waals surface area contributed by atoms with E-state index in [4.69, 9.17) is 4.74 Å². The maximum Gasteiger partial charge on any atom is 0.311 e. The van der Waals surface area contributed by atoms with Crippen LogP contribution in [0.2, 0.25) is 0 Å². The summed E-state index contributed by atoms with van der Waals surface area (Å²) in [7, 11) is 2.83. The number of unbranched alkanes of at least 4 members (excludes halogenated alkanes) is 1. The minimum Gasteiger partial charge on any atom is -0.469 e. The summed E-state index contributed by atoms with van der Waals surface area (Å²) < 4.78 is 9.44. The number of carbonyl (C=O) groups excluding carboxylic acids is 2. The molecule has 0 spiro atoms. The highest BCUT2D eigenvalue weighted by atomic mass is 16.5. The highest BCUT2D eigenvalue weighted by Gasteiger charge is 2.28. The zero-order valence-electron chi connectivity index (χ0n) is 14.0. The Morgan fingerprint density at radius 3 is 2.09 bits per heavy atom. The maximum absolute atomic E-state index is 11.7. The number of carbonyl (C=O) groups is 2. The monoisotopic (exact) mass is 306 g/mol. The van der Waals surface area contributed by atoms with Gasteiger partial charge in [0.1, 0.15) is 0 Å². The van der Waals surface area contributed by atoms with Crippen LogP contribution in [0, 0.1) is 5.41 Å². The molecule has 0 saturated heterocycles. The van der Waals surface area contributed by atoms with Gasteiger partial charge in [-0.3, -0.25) is 9.59 Å². The van der Waals surface area contributed by atoms with Crippen LogP contribution in [-0.2, 0) is 31.9 Å². The number of esters is 2. The molecule has 1 rings (SSSR count). The summed E-state index contributed by atoms with van der Waals surface area (Å²) in [5.41, 5.74) is 1.84. The Balaban J connectivity index is 2.46. The minimum absolute atomic E-state index is 0.152. The van der Waals surface area contributed by atoms with E-state index in [0.717, 1.165) is 24.8 Å². The molecule has 122 valence electrons. The van der Waals surface area contributed by atoms with Gasteiger partial charge < -0.3 is 9.47 Å². The van der Waals surface area contributed by atoms with Crippen molar-refractivity contribution in [2.24, 2.45) is 5.41 Å². The Morgan fingerprint density at radius 1 is 0.955 bits per heavy atom. The highest BCUT2D eigenvalue weighted by Crippen LogP contribution is 2.23. The van der Waals surface area contributed by atoms with Crippen molar-refractivity contribution in [1.29, 1.82) is 0 Å². The zero-order chi connectivity index (χ0) is 16.6. The van der Waals surface area contributed by atoms with Gasteiger partial charge in [0.2, 0.25) is 0 Å². The minimum atomic E-state index is -0.517.